The minimum Gasteiger partial charge on any atom is -0.494 e. The van der Waals surface area contributed by atoms with Crippen molar-refractivity contribution in [2.75, 3.05) is 38.3 Å². The topological polar surface area (TPSA) is 59.1 Å². The molecule has 2 aliphatic heterocycles. The van der Waals surface area contributed by atoms with E-state index in [4.69, 9.17) is 9.47 Å². The van der Waals surface area contributed by atoms with Gasteiger partial charge in [-0.1, -0.05) is 18.2 Å². The first-order chi connectivity index (χ1) is 14.0. The van der Waals surface area contributed by atoms with Crippen molar-refractivity contribution >= 4 is 17.5 Å². The third-order valence-corrected chi connectivity index (χ3v) is 5.54. The van der Waals surface area contributed by atoms with Crippen LogP contribution >= 0.6 is 0 Å². The summed E-state index contributed by atoms with van der Waals surface area (Å²) in [6.07, 6.45) is 1.51. The number of ether oxygens (including phenoxy) is 2. The Balaban J connectivity index is 1.53. The van der Waals surface area contributed by atoms with E-state index in [9.17, 15) is 14.0 Å². The SMILES string of the molecule is COc1ccc(C(=O)N2CCCC3(C2)CN(c2ccccc2)C(=O)CO3)cc1F. The third kappa shape index (κ3) is 3.82. The fourth-order valence-electron chi connectivity index (χ4n) is 4.06. The molecule has 152 valence electrons. The van der Waals surface area contributed by atoms with Crippen molar-refractivity contribution in [3.05, 3.63) is 59.9 Å². The van der Waals surface area contributed by atoms with E-state index >= 15 is 0 Å². The Kier molecular flexibility index (Phi) is 5.24. The Morgan fingerprint density at radius 2 is 1.97 bits per heavy atom. The van der Waals surface area contributed by atoms with Gasteiger partial charge in [0.1, 0.15) is 12.2 Å². The molecule has 0 N–H and O–H groups in total. The molecular weight excluding hydrogens is 375 g/mol. The minimum absolute atomic E-state index is 0.0198. The Hall–Kier alpha value is -2.93. The van der Waals surface area contributed by atoms with Gasteiger partial charge in [-0.15, -0.1) is 0 Å². The molecule has 2 aromatic carbocycles. The van der Waals surface area contributed by atoms with Crippen LogP contribution in [0.3, 0.4) is 0 Å². The summed E-state index contributed by atoms with van der Waals surface area (Å²) >= 11 is 0. The molecule has 29 heavy (non-hydrogen) atoms. The molecule has 1 spiro atoms. The summed E-state index contributed by atoms with van der Waals surface area (Å²) in [4.78, 5) is 28.8. The summed E-state index contributed by atoms with van der Waals surface area (Å²) in [5.41, 5.74) is 0.468. The van der Waals surface area contributed by atoms with Crippen molar-refractivity contribution in [1.82, 2.24) is 4.90 Å². The van der Waals surface area contributed by atoms with Crippen LogP contribution in [0, 0.1) is 5.82 Å². The van der Waals surface area contributed by atoms with Gasteiger partial charge in [-0.25, -0.2) is 4.39 Å². The van der Waals surface area contributed by atoms with E-state index in [-0.39, 0.29) is 29.7 Å². The maximum Gasteiger partial charge on any atom is 0.254 e. The maximum absolute atomic E-state index is 14.0. The van der Waals surface area contributed by atoms with E-state index in [2.05, 4.69) is 0 Å². The molecule has 2 saturated heterocycles. The van der Waals surface area contributed by atoms with Gasteiger partial charge in [-0.05, 0) is 43.2 Å². The summed E-state index contributed by atoms with van der Waals surface area (Å²) in [5, 5.41) is 0. The number of para-hydroxylation sites is 1. The lowest BCUT2D eigenvalue weighted by Gasteiger charge is -2.47. The highest BCUT2D eigenvalue weighted by atomic mass is 19.1. The lowest BCUT2D eigenvalue weighted by Crippen LogP contribution is -2.62. The first-order valence-corrected chi connectivity index (χ1v) is 9.63. The van der Waals surface area contributed by atoms with E-state index < -0.39 is 11.4 Å². The number of anilines is 1. The van der Waals surface area contributed by atoms with Crippen LogP contribution in [0.15, 0.2) is 48.5 Å². The number of benzene rings is 2. The van der Waals surface area contributed by atoms with E-state index in [1.165, 1.54) is 19.2 Å². The molecule has 0 saturated carbocycles. The van der Waals surface area contributed by atoms with E-state index in [0.717, 1.165) is 18.5 Å². The Bertz CT molecular complexity index is 920. The van der Waals surface area contributed by atoms with Crippen LogP contribution < -0.4 is 9.64 Å². The highest BCUT2D eigenvalue weighted by Gasteiger charge is 2.44. The largest absolute Gasteiger partial charge is 0.494 e. The van der Waals surface area contributed by atoms with E-state index in [1.807, 2.05) is 30.3 Å². The molecule has 6 nitrogen and oxygen atoms in total. The maximum atomic E-state index is 14.0. The highest BCUT2D eigenvalue weighted by molar-refractivity contribution is 5.96. The van der Waals surface area contributed by atoms with Crippen LogP contribution in [0.2, 0.25) is 0 Å². The van der Waals surface area contributed by atoms with Gasteiger partial charge < -0.3 is 19.3 Å². The number of hydrogen-bond acceptors (Lipinski definition) is 4. The van der Waals surface area contributed by atoms with E-state index in [0.29, 0.717) is 19.6 Å². The molecule has 7 heteroatoms. The molecule has 1 atom stereocenters. The number of rotatable bonds is 3. The minimum atomic E-state index is -0.622. The second-order valence-corrected chi connectivity index (χ2v) is 7.47. The molecule has 2 amide bonds. The van der Waals surface area contributed by atoms with Gasteiger partial charge in [0, 0.05) is 17.8 Å². The van der Waals surface area contributed by atoms with Gasteiger partial charge in [0.2, 0.25) is 0 Å². The van der Waals surface area contributed by atoms with Crippen LogP contribution in [0.4, 0.5) is 10.1 Å². The van der Waals surface area contributed by atoms with Crippen LogP contribution in [0.5, 0.6) is 5.75 Å². The number of methoxy groups -OCH3 is 1. The Labute approximate surface area is 168 Å². The van der Waals surface area contributed by atoms with Gasteiger partial charge >= 0.3 is 0 Å². The average molecular weight is 398 g/mol. The number of carbonyl (C=O) groups excluding carboxylic acids is 2. The van der Waals surface area contributed by atoms with Crippen molar-refractivity contribution in [2.45, 2.75) is 18.4 Å². The molecule has 2 aliphatic rings. The molecule has 0 bridgehead atoms. The summed E-state index contributed by atoms with van der Waals surface area (Å²) < 4.78 is 24.9. The van der Waals surface area contributed by atoms with Gasteiger partial charge in [0.25, 0.3) is 11.8 Å². The molecular formula is C22H23FN2O4. The number of halogens is 1. The quantitative estimate of drug-likeness (QED) is 0.798. The fourth-order valence-corrected chi connectivity index (χ4v) is 4.06. The predicted octanol–water partition coefficient (Wildman–Crippen LogP) is 2.87. The average Bonchev–Trinajstić information content (AvgIpc) is 2.76. The fraction of sp³-hybridized carbons (Fsp3) is 0.364. The standard InChI is InChI=1S/C22H23FN2O4/c1-28-19-9-8-16(12-18(19)23)21(27)24-11-5-10-22(14-24)15-25(20(26)13-29-22)17-6-3-2-4-7-17/h2-4,6-9,12H,5,10-11,13-15H2,1H3. The monoisotopic (exact) mass is 398 g/mol. The normalized spacial score (nSPS) is 22.1. The summed E-state index contributed by atoms with van der Waals surface area (Å²) in [6.45, 7) is 1.29. The van der Waals surface area contributed by atoms with Crippen molar-refractivity contribution in [2.24, 2.45) is 0 Å². The second-order valence-electron chi connectivity index (χ2n) is 7.47. The number of likely N-dealkylation sites (tertiary alicyclic amines) is 1. The Morgan fingerprint density at radius 3 is 2.69 bits per heavy atom. The summed E-state index contributed by atoms with van der Waals surface area (Å²) in [6, 6.07) is 13.7. The van der Waals surface area contributed by atoms with Gasteiger partial charge in [0.15, 0.2) is 11.6 Å². The van der Waals surface area contributed by atoms with Crippen molar-refractivity contribution < 1.29 is 23.5 Å². The number of hydrogen-bond donors (Lipinski definition) is 0. The Morgan fingerprint density at radius 1 is 1.17 bits per heavy atom. The molecule has 0 aromatic heterocycles. The number of amides is 2. The molecule has 0 radical (unpaired) electrons. The molecule has 2 aromatic rings. The third-order valence-electron chi connectivity index (χ3n) is 5.54. The van der Waals surface area contributed by atoms with Gasteiger partial charge in [-0.3, -0.25) is 9.59 Å². The van der Waals surface area contributed by atoms with Crippen LogP contribution in [-0.4, -0.2) is 55.7 Å². The molecule has 1 unspecified atom stereocenters. The smallest absolute Gasteiger partial charge is 0.254 e. The molecule has 4 rings (SSSR count). The second kappa shape index (κ2) is 7.83. The van der Waals surface area contributed by atoms with Crippen LogP contribution in [0.25, 0.3) is 0 Å². The first-order valence-electron chi connectivity index (χ1n) is 9.63. The lowest BCUT2D eigenvalue weighted by molar-refractivity contribution is -0.144. The van der Waals surface area contributed by atoms with Crippen molar-refractivity contribution in [3.8, 4) is 5.75 Å². The molecule has 2 heterocycles. The zero-order chi connectivity index (χ0) is 20.4. The summed E-state index contributed by atoms with van der Waals surface area (Å²) in [7, 11) is 1.38. The number of nitrogens with zero attached hydrogens (tertiary/aromatic N) is 2. The first kappa shape index (κ1) is 19.4. The highest BCUT2D eigenvalue weighted by Crippen LogP contribution is 2.32. The number of morpholine rings is 1. The zero-order valence-corrected chi connectivity index (χ0v) is 16.3. The zero-order valence-electron chi connectivity index (χ0n) is 16.3. The van der Waals surface area contributed by atoms with Crippen LogP contribution in [-0.2, 0) is 9.53 Å². The number of piperidine rings is 1. The van der Waals surface area contributed by atoms with Crippen molar-refractivity contribution in [1.29, 1.82) is 0 Å². The van der Waals surface area contributed by atoms with E-state index in [1.54, 1.807) is 15.9 Å². The molecule has 2 fully saturated rings. The van der Waals surface area contributed by atoms with Gasteiger partial charge in [0.05, 0.1) is 20.2 Å². The summed E-state index contributed by atoms with van der Waals surface area (Å²) in [5.74, 6) is -0.816. The van der Waals surface area contributed by atoms with Gasteiger partial charge in [-0.2, -0.15) is 0 Å². The lowest BCUT2D eigenvalue weighted by atomic mass is 9.90. The van der Waals surface area contributed by atoms with Crippen LogP contribution in [0.1, 0.15) is 23.2 Å². The molecule has 0 aliphatic carbocycles. The predicted molar refractivity (Wildman–Crippen MR) is 106 cm³/mol. The van der Waals surface area contributed by atoms with Crippen molar-refractivity contribution in [3.63, 3.8) is 0 Å². The number of carbonyl (C=O) groups is 2.